The van der Waals surface area contributed by atoms with Crippen LogP contribution in [-0.2, 0) is 16.0 Å². The summed E-state index contributed by atoms with van der Waals surface area (Å²) < 4.78 is 4.79. The number of carbonyl (C=O) groups excluding carboxylic acids is 2. The molecule has 336 valence electrons. The number of carbonyl (C=O) groups is 2. The molecule has 6 unspecified atom stereocenters. The number of amides is 2. The predicted molar refractivity (Wildman–Crippen MR) is 258 cm³/mol. The Balaban J connectivity index is 1.52. The van der Waals surface area contributed by atoms with Gasteiger partial charge < -0.3 is 35.5 Å². The summed E-state index contributed by atoms with van der Waals surface area (Å²) in [6.45, 7) is 19.7. The van der Waals surface area contributed by atoms with Crippen molar-refractivity contribution in [2.45, 2.75) is 123 Å². The number of aromatic nitrogens is 2. The maximum absolute atomic E-state index is 13.7. The van der Waals surface area contributed by atoms with E-state index in [2.05, 4.69) is 117 Å². The monoisotopic (exact) mass is 847 g/mol. The van der Waals surface area contributed by atoms with Crippen LogP contribution in [0.15, 0.2) is 71.9 Å². The molecule has 2 aromatic carbocycles. The lowest BCUT2D eigenvalue weighted by Gasteiger charge is -2.29. The Kier molecular flexibility index (Phi) is 18.0. The summed E-state index contributed by atoms with van der Waals surface area (Å²) in [6.07, 6.45) is 20.3. The molecule has 0 radical (unpaired) electrons. The highest BCUT2D eigenvalue weighted by molar-refractivity contribution is 5.86. The van der Waals surface area contributed by atoms with Crippen LogP contribution in [0.2, 0.25) is 0 Å². The SMILES string of the molecule is C=CC=CCc1c(C(N=CC)C(C)C(=Cc2ccc(N(C)C)c(NCC3CCCN3)c2)CC(C)CCC)ccc(-c2cnc(C3CCCN3C(=O)C(CC)NC(=O)OC)[nH]2)c1C. The Hall–Kier alpha value is -5.16. The second kappa shape index (κ2) is 23.3. The van der Waals surface area contributed by atoms with E-state index in [-0.39, 0.29) is 23.9 Å². The van der Waals surface area contributed by atoms with Crippen LogP contribution in [0.25, 0.3) is 17.3 Å². The number of hydrogen-bond acceptors (Lipinski definition) is 8. The van der Waals surface area contributed by atoms with Gasteiger partial charge in [0, 0.05) is 44.7 Å². The maximum atomic E-state index is 13.7. The van der Waals surface area contributed by atoms with E-state index in [0.717, 1.165) is 68.0 Å². The number of alkyl carbamates (subject to hydrolysis) is 1. The van der Waals surface area contributed by atoms with Gasteiger partial charge in [0.05, 0.1) is 42.5 Å². The number of H-pyrrole nitrogens is 1. The van der Waals surface area contributed by atoms with Crippen LogP contribution in [0.5, 0.6) is 0 Å². The zero-order chi connectivity index (χ0) is 44.8. The second-order valence-electron chi connectivity index (χ2n) is 17.4. The average Bonchev–Trinajstić information content (AvgIpc) is 4.07. The van der Waals surface area contributed by atoms with Gasteiger partial charge in [-0.3, -0.25) is 9.79 Å². The van der Waals surface area contributed by atoms with Gasteiger partial charge in [0.25, 0.3) is 0 Å². The molecule has 6 atom stereocenters. The van der Waals surface area contributed by atoms with Gasteiger partial charge >= 0.3 is 6.09 Å². The third-order valence-corrected chi connectivity index (χ3v) is 12.8. The fourth-order valence-electron chi connectivity index (χ4n) is 9.37. The minimum atomic E-state index is -0.660. The molecule has 2 fully saturated rings. The van der Waals surface area contributed by atoms with Crippen molar-refractivity contribution in [3.63, 3.8) is 0 Å². The fraction of sp³-hybridized carbons (Fsp3) is 0.529. The molecule has 2 saturated heterocycles. The number of imidazole rings is 1. The summed E-state index contributed by atoms with van der Waals surface area (Å²) in [5.41, 5.74) is 10.5. The lowest BCUT2D eigenvalue weighted by Crippen LogP contribution is -2.48. The van der Waals surface area contributed by atoms with Crippen LogP contribution in [0.4, 0.5) is 16.2 Å². The number of ether oxygens (including phenoxy) is 1. The summed E-state index contributed by atoms with van der Waals surface area (Å²) in [6, 6.07) is 10.8. The standard InChI is InChI=1S/C51H74N8O3/c1-11-15-16-21-40-36(7)41(45-33-55-49(56-45)47-22-18-28-59(47)50(60)43(13-3)57-51(61)62-10)24-25-42(40)48(52-14-4)35(6)38(29-34(5)19-12-2)30-37-23-26-46(58(8)9)44(31-37)54-32-39-20-17-27-53-39/h11,14-16,23-26,30-31,33-35,39,43,47-48,53-54H,1,12-13,17-22,27-29,32H2,2-10H3,(H,55,56)(H,57,61). The topological polar surface area (TPSA) is 127 Å². The molecule has 11 nitrogen and oxygen atoms in total. The quantitative estimate of drug-likeness (QED) is 0.0621. The van der Waals surface area contributed by atoms with Crippen molar-refractivity contribution < 1.29 is 14.3 Å². The first-order valence-electron chi connectivity index (χ1n) is 23.0. The number of nitrogens with zero attached hydrogens (tertiary/aromatic N) is 4. The van der Waals surface area contributed by atoms with Crippen molar-refractivity contribution in [3.8, 4) is 11.3 Å². The number of benzene rings is 2. The summed E-state index contributed by atoms with van der Waals surface area (Å²) in [7, 11) is 5.53. The van der Waals surface area contributed by atoms with Crippen molar-refractivity contribution in [2.75, 3.05) is 51.1 Å². The molecule has 2 aliphatic heterocycles. The first-order chi connectivity index (χ1) is 29.9. The molecular formula is C51H74N8O3. The molecule has 5 rings (SSSR count). The third kappa shape index (κ3) is 12.1. The van der Waals surface area contributed by atoms with Crippen LogP contribution in [0.1, 0.15) is 126 Å². The highest BCUT2D eigenvalue weighted by Gasteiger charge is 2.36. The Bertz CT molecular complexity index is 2040. The maximum Gasteiger partial charge on any atom is 0.407 e. The zero-order valence-corrected chi connectivity index (χ0v) is 39.0. The van der Waals surface area contributed by atoms with Gasteiger partial charge in [-0.15, -0.1) is 0 Å². The van der Waals surface area contributed by atoms with Crippen molar-refractivity contribution >= 4 is 35.7 Å². The Labute approximate surface area is 372 Å². The second-order valence-corrected chi connectivity index (χ2v) is 17.4. The summed E-state index contributed by atoms with van der Waals surface area (Å²) in [5.74, 6) is 1.28. The number of aromatic amines is 1. The van der Waals surface area contributed by atoms with E-state index >= 15 is 0 Å². The molecule has 3 heterocycles. The van der Waals surface area contributed by atoms with Gasteiger partial charge in [-0.25, -0.2) is 9.78 Å². The largest absolute Gasteiger partial charge is 0.453 e. The van der Waals surface area contributed by atoms with E-state index in [0.29, 0.717) is 24.9 Å². The van der Waals surface area contributed by atoms with Crippen LogP contribution < -0.4 is 20.9 Å². The molecule has 4 N–H and O–H groups in total. The van der Waals surface area contributed by atoms with Gasteiger partial charge in [0.15, 0.2) is 0 Å². The van der Waals surface area contributed by atoms with E-state index < -0.39 is 12.1 Å². The predicted octanol–water partition coefficient (Wildman–Crippen LogP) is 10.4. The molecule has 0 bridgehead atoms. The molecule has 62 heavy (non-hydrogen) atoms. The molecule has 0 spiro atoms. The Morgan fingerprint density at radius 1 is 1.15 bits per heavy atom. The molecule has 11 heteroatoms. The van der Waals surface area contributed by atoms with Gasteiger partial charge in [-0.2, -0.15) is 0 Å². The lowest BCUT2D eigenvalue weighted by molar-refractivity contribution is -0.134. The Morgan fingerprint density at radius 2 is 1.95 bits per heavy atom. The van der Waals surface area contributed by atoms with Gasteiger partial charge in [-0.1, -0.05) is 95.2 Å². The van der Waals surface area contributed by atoms with Gasteiger partial charge in [0.1, 0.15) is 11.9 Å². The molecule has 3 aromatic rings. The van der Waals surface area contributed by atoms with E-state index in [1.54, 1.807) is 0 Å². The van der Waals surface area contributed by atoms with Gasteiger partial charge in [0.2, 0.25) is 5.91 Å². The summed E-state index contributed by atoms with van der Waals surface area (Å²) >= 11 is 0. The van der Waals surface area contributed by atoms with Crippen LogP contribution in [0, 0.1) is 18.8 Å². The fourth-order valence-corrected chi connectivity index (χ4v) is 9.37. The lowest BCUT2D eigenvalue weighted by atomic mass is 9.79. The number of allylic oxidation sites excluding steroid dienone is 3. The third-order valence-electron chi connectivity index (χ3n) is 12.8. The van der Waals surface area contributed by atoms with Crippen molar-refractivity contribution in [1.82, 2.24) is 25.5 Å². The smallest absolute Gasteiger partial charge is 0.407 e. The average molecular weight is 847 g/mol. The summed E-state index contributed by atoms with van der Waals surface area (Å²) in [4.78, 5) is 43.5. The van der Waals surface area contributed by atoms with E-state index in [9.17, 15) is 9.59 Å². The number of anilines is 2. The zero-order valence-electron chi connectivity index (χ0n) is 39.0. The van der Waals surface area contributed by atoms with E-state index in [1.165, 1.54) is 59.9 Å². The van der Waals surface area contributed by atoms with Crippen LogP contribution >= 0.6 is 0 Å². The first kappa shape index (κ1) is 47.9. The van der Waals surface area contributed by atoms with Crippen molar-refractivity contribution in [1.29, 1.82) is 0 Å². The minimum Gasteiger partial charge on any atom is -0.453 e. The summed E-state index contributed by atoms with van der Waals surface area (Å²) in [5, 5.41) is 10.1. The number of hydrogen-bond donors (Lipinski definition) is 4. The number of aliphatic imine (C=N–C) groups is 1. The number of likely N-dealkylation sites (tertiary alicyclic amines) is 1. The van der Waals surface area contributed by atoms with E-state index in [1.807, 2.05) is 43.3 Å². The molecule has 0 saturated carbocycles. The number of rotatable bonds is 21. The number of methoxy groups -OCH3 is 1. The molecule has 2 amide bonds. The molecule has 2 aliphatic rings. The normalized spacial score (nSPS) is 18.9. The van der Waals surface area contributed by atoms with Crippen LogP contribution in [0.3, 0.4) is 0 Å². The number of nitrogens with one attached hydrogen (secondary N) is 4. The molecule has 0 aliphatic carbocycles. The Morgan fingerprint density at radius 3 is 2.63 bits per heavy atom. The molecular weight excluding hydrogens is 773 g/mol. The highest BCUT2D eigenvalue weighted by atomic mass is 16.5. The minimum absolute atomic E-state index is 0.104. The highest BCUT2D eigenvalue weighted by Crippen LogP contribution is 2.41. The molecule has 1 aromatic heterocycles. The van der Waals surface area contributed by atoms with Crippen LogP contribution in [-0.4, -0.2) is 86.0 Å². The van der Waals surface area contributed by atoms with Crippen molar-refractivity contribution in [2.24, 2.45) is 16.8 Å². The first-order valence-corrected chi connectivity index (χ1v) is 23.0. The van der Waals surface area contributed by atoms with Crippen molar-refractivity contribution in [3.05, 3.63) is 95.0 Å². The van der Waals surface area contributed by atoms with E-state index in [4.69, 9.17) is 14.7 Å². The van der Waals surface area contributed by atoms with Gasteiger partial charge in [-0.05, 0) is 112 Å².